The van der Waals surface area contributed by atoms with Crippen molar-refractivity contribution in [2.24, 2.45) is 23.2 Å². The molecule has 2 fully saturated rings. The summed E-state index contributed by atoms with van der Waals surface area (Å²) in [4.78, 5) is 49.7. The number of alkyl halides is 5. The number of Topliss-reactive ketones (excluding diaryl/α,β-unsaturated/α-hetero) is 1. The number of nitrogens with zero attached hydrogens (tertiary/aromatic N) is 1. The number of carbonyl (C=O) groups excluding carboxylic acids is 4. The van der Waals surface area contributed by atoms with Gasteiger partial charge in [0.1, 0.15) is 12.1 Å². The van der Waals surface area contributed by atoms with Crippen LogP contribution in [0.4, 0.5) is 22.0 Å². The fraction of sp³-hybridized carbons (Fsp3) is 0.792. The van der Waals surface area contributed by atoms with Crippen LogP contribution in [-0.2, 0) is 19.2 Å². The van der Waals surface area contributed by atoms with Crippen molar-refractivity contribution in [3.05, 3.63) is 0 Å². The van der Waals surface area contributed by atoms with E-state index in [0.717, 1.165) is 0 Å². The Morgan fingerprint density at radius 2 is 1.65 bits per heavy atom. The van der Waals surface area contributed by atoms with Crippen molar-refractivity contribution in [1.82, 2.24) is 16.0 Å². The molecule has 1 saturated carbocycles. The standard InChI is InChI=1S/C24H33F5N4O4/c1-21(2,3)15(8-17(34)24(27,28)29)19(36)32-16(7-13-10-23(13,25)26)20(37)31-14(11-30)6-12-9-22(4,5)33-18(12)35/h12-16H,6-10H2,1-5H3,(H,31,37)(H,32,36)(H,33,35). The zero-order chi connectivity index (χ0) is 28.6. The largest absolute Gasteiger partial charge is 0.449 e. The molecular weight excluding hydrogens is 503 g/mol. The Hall–Kier alpha value is -2.78. The molecule has 1 aliphatic carbocycles. The van der Waals surface area contributed by atoms with Gasteiger partial charge in [-0.05, 0) is 38.5 Å². The lowest BCUT2D eigenvalue weighted by Crippen LogP contribution is -2.53. The quantitative estimate of drug-likeness (QED) is 0.370. The van der Waals surface area contributed by atoms with Crippen molar-refractivity contribution in [3.8, 4) is 6.07 Å². The van der Waals surface area contributed by atoms with Gasteiger partial charge in [0.05, 0.1) is 12.0 Å². The van der Waals surface area contributed by atoms with E-state index in [9.17, 15) is 46.4 Å². The first-order valence-corrected chi connectivity index (χ1v) is 12.0. The second-order valence-corrected chi connectivity index (χ2v) is 11.7. The minimum Gasteiger partial charge on any atom is -0.351 e. The van der Waals surface area contributed by atoms with Gasteiger partial charge in [0.2, 0.25) is 23.5 Å². The fourth-order valence-electron chi connectivity index (χ4n) is 4.49. The highest BCUT2D eigenvalue weighted by Gasteiger charge is 2.58. The van der Waals surface area contributed by atoms with Crippen LogP contribution < -0.4 is 16.0 Å². The summed E-state index contributed by atoms with van der Waals surface area (Å²) in [6.07, 6.45) is -7.04. The normalized spacial score (nSPS) is 24.7. The van der Waals surface area contributed by atoms with Crippen LogP contribution in [0.15, 0.2) is 0 Å². The van der Waals surface area contributed by atoms with E-state index in [4.69, 9.17) is 0 Å². The Balaban J connectivity index is 2.18. The van der Waals surface area contributed by atoms with E-state index >= 15 is 0 Å². The molecule has 13 heteroatoms. The molecule has 3 amide bonds. The summed E-state index contributed by atoms with van der Waals surface area (Å²) in [5, 5.41) is 16.9. The SMILES string of the molecule is CC1(C)CC(CC(C#N)NC(=O)C(CC2CC2(F)F)NC(=O)C(CC(=O)C(F)(F)F)C(C)(C)C)C(=O)N1. The molecule has 1 heterocycles. The number of nitrogens with one attached hydrogen (secondary N) is 3. The first kappa shape index (κ1) is 30.4. The van der Waals surface area contributed by atoms with Crippen LogP contribution in [0.25, 0.3) is 0 Å². The number of nitriles is 1. The molecule has 1 saturated heterocycles. The molecule has 3 N–H and O–H groups in total. The van der Waals surface area contributed by atoms with Gasteiger partial charge < -0.3 is 16.0 Å². The lowest BCUT2D eigenvalue weighted by atomic mass is 9.77. The van der Waals surface area contributed by atoms with E-state index in [-0.39, 0.29) is 12.3 Å². The summed E-state index contributed by atoms with van der Waals surface area (Å²) in [6.45, 7) is 7.89. The van der Waals surface area contributed by atoms with Crippen molar-refractivity contribution in [3.63, 3.8) is 0 Å². The Kier molecular flexibility index (Phi) is 8.67. The highest BCUT2D eigenvalue weighted by molar-refractivity contribution is 5.93. The van der Waals surface area contributed by atoms with Gasteiger partial charge in [0, 0.05) is 30.2 Å². The van der Waals surface area contributed by atoms with Crippen LogP contribution in [0, 0.1) is 34.5 Å². The monoisotopic (exact) mass is 536 g/mol. The second-order valence-electron chi connectivity index (χ2n) is 11.7. The van der Waals surface area contributed by atoms with Gasteiger partial charge in [-0.25, -0.2) is 8.78 Å². The molecule has 0 spiro atoms. The predicted octanol–water partition coefficient (Wildman–Crippen LogP) is 3.01. The van der Waals surface area contributed by atoms with E-state index in [1.54, 1.807) is 13.8 Å². The minimum absolute atomic E-state index is 0.0531. The van der Waals surface area contributed by atoms with E-state index in [2.05, 4.69) is 16.0 Å². The number of halogens is 5. The zero-order valence-corrected chi connectivity index (χ0v) is 21.4. The molecule has 5 unspecified atom stereocenters. The number of hydrogen-bond donors (Lipinski definition) is 3. The maximum atomic E-state index is 13.6. The zero-order valence-electron chi connectivity index (χ0n) is 21.4. The molecule has 8 nitrogen and oxygen atoms in total. The molecule has 0 aromatic rings. The van der Waals surface area contributed by atoms with Gasteiger partial charge in [-0.2, -0.15) is 18.4 Å². The van der Waals surface area contributed by atoms with Crippen LogP contribution in [-0.4, -0.2) is 53.2 Å². The summed E-state index contributed by atoms with van der Waals surface area (Å²) in [6, 6.07) is -0.913. The summed E-state index contributed by atoms with van der Waals surface area (Å²) >= 11 is 0. The maximum absolute atomic E-state index is 13.6. The number of amides is 3. The van der Waals surface area contributed by atoms with E-state index in [0.29, 0.717) is 6.42 Å². The van der Waals surface area contributed by atoms with Crippen molar-refractivity contribution >= 4 is 23.5 Å². The molecule has 0 bridgehead atoms. The lowest BCUT2D eigenvalue weighted by Gasteiger charge is -2.31. The third-order valence-corrected chi connectivity index (χ3v) is 6.76. The van der Waals surface area contributed by atoms with E-state index in [1.165, 1.54) is 20.8 Å². The first-order valence-electron chi connectivity index (χ1n) is 12.0. The summed E-state index contributed by atoms with van der Waals surface area (Å²) < 4.78 is 65.8. The third kappa shape index (κ3) is 8.36. The Bertz CT molecular complexity index is 968. The lowest BCUT2D eigenvalue weighted by molar-refractivity contribution is -0.173. The Morgan fingerprint density at radius 1 is 1.08 bits per heavy atom. The fourth-order valence-corrected chi connectivity index (χ4v) is 4.49. The molecule has 2 rings (SSSR count). The molecule has 0 aromatic heterocycles. The average molecular weight is 537 g/mol. The molecule has 37 heavy (non-hydrogen) atoms. The van der Waals surface area contributed by atoms with Crippen LogP contribution in [0.5, 0.6) is 0 Å². The molecule has 208 valence electrons. The molecular formula is C24H33F5N4O4. The Morgan fingerprint density at radius 3 is 2.05 bits per heavy atom. The van der Waals surface area contributed by atoms with Gasteiger partial charge >= 0.3 is 6.18 Å². The molecule has 0 radical (unpaired) electrons. The van der Waals surface area contributed by atoms with Gasteiger partial charge in [-0.3, -0.25) is 19.2 Å². The number of carbonyl (C=O) groups is 4. The summed E-state index contributed by atoms with van der Waals surface area (Å²) in [5.74, 6) is -10.9. The molecule has 5 atom stereocenters. The maximum Gasteiger partial charge on any atom is 0.449 e. The molecule has 1 aliphatic heterocycles. The van der Waals surface area contributed by atoms with E-state index in [1.807, 2.05) is 6.07 Å². The Labute approximate surface area is 212 Å². The third-order valence-electron chi connectivity index (χ3n) is 6.76. The number of ketones is 1. The summed E-state index contributed by atoms with van der Waals surface area (Å²) in [5.41, 5.74) is -1.64. The average Bonchev–Trinajstić information content (AvgIpc) is 3.22. The van der Waals surface area contributed by atoms with Gasteiger partial charge in [0.25, 0.3) is 5.92 Å². The van der Waals surface area contributed by atoms with Crippen LogP contribution in [0.2, 0.25) is 0 Å². The second kappa shape index (κ2) is 10.5. The molecule has 2 aliphatic rings. The van der Waals surface area contributed by atoms with Crippen LogP contribution >= 0.6 is 0 Å². The highest BCUT2D eigenvalue weighted by atomic mass is 19.4. The number of rotatable bonds is 10. The minimum atomic E-state index is -5.17. The first-order chi connectivity index (χ1) is 16.7. The summed E-state index contributed by atoms with van der Waals surface area (Å²) in [7, 11) is 0. The van der Waals surface area contributed by atoms with Gasteiger partial charge in [0.15, 0.2) is 0 Å². The highest BCUT2D eigenvalue weighted by Crippen LogP contribution is 2.51. The van der Waals surface area contributed by atoms with E-state index < -0.39 is 89.8 Å². The molecule has 0 aromatic carbocycles. The smallest absolute Gasteiger partial charge is 0.351 e. The van der Waals surface area contributed by atoms with Crippen LogP contribution in [0.1, 0.15) is 66.7 Å². The van der Waals surface area contributed by atoms with Crippen molar-refractivity contribution in [2.75, 3.05) is 0 Å². The van der Waals surface area contributed by atoms with Crippen LogP contribution in [0.3, 0.4) is 0 Å². The van der Waals surface area contributed by atoms with Gasteiger partial charge in [-0.15, -0.1) is 0 Å². The van der Waals surface area contributed by atoms with Crippen molar-refractivity contribution < 1.29 is 41.1 Å². The van der Waals surface area contributed by atoms with Crippen molar-refractivity contribution in [1.29, 1.82) is 5.26 Å². The topological polar surface area (TPSA) is 128 Å². The predicted molar refractivity (Wildman–Crippen MR) is 121 cm³/mol. The number of hydrogen-bond acceptors (Lipinski definition) is 5. The van der Waals surface area contributed by atoms with Crippen molar-refractivity contribution in [2.45, 2.75) is 96.4 Å². The van der Waals surface area contributed by atoms with Gasteiger partial charge in [-0.1, -0.05) is 20.8 Å².